The van der Waals surface area contributed by atoms with Crippen molar-refractivity contribution >= 4 is 12.3 Å². The first-order valence-electron chi connectivity index (χ1n) is 4.46. The van der Waals surface area contributed by atoms with E-state index in [2.05, 4.69) is 0 Å². The smallest absolute Gasteiger partial charge is 0.311 e. The molecule has 1 atom stereocenters. The number of aliphatic carboxylic acids is 1. The summed E-state index contributed by atoms with van der Waals surface area (Å²) in [5, 5.41) is 8.94. The molecule has 0 aromatic heterocycles. The molecule has 0 spiro atoms. The van der Waals surface area contributed by atoms with E-state index >= 15 is 0 Å². The number of rotatable bonds is 5. The second-order valence-electron chi connectivity index (χ2n) is 3.77. The molecular weight excluding hydrogens is 182 g/mol. The Kier molecular flexibility index (Phi) is 4.91. The van der Waals surface area contributed by atoms with Gasteiger partial charge in [0.25, 0.3) is 0 Å². The maximum atomic E-state index is 10.9. The average molecular weight is 199 g/mol. The minimum Gasteiger partial charge on any atom is -0.481 e. The van der Waals surface area contributed by atoms with Gasteiger partial charge >= 0.3 is 5.97 Å². The van der Waals surface area contributed by atoms with Crippen molar-refractivity contribution in [3.8, 4) is 0 Å². The van der Waals surface area contributed by atoms with Gasteiger partial charge in [-0.25, -0.2) is 0 Å². The normalized spacial score (nSPS) is 13.9. The van der Waals surface area contributed by atoms with Gasteiger partial charge in [-0.05, 0) is 5.92 Å². The molecule has 0 fully saturated rings. The maximum Gasteiger partial charge on any atom is 0.311 e. The summed E-state index contributed by atoms with van der Waals surface area (Å²) < 4.78 is 0. The van der Waals surface area contributed by atoms with Crippen LogP contribution in [0.3, 0.4) is 0 Å². The zero-order valence-electron chi connectivity index (χ0n) is 9.02. The minimum absolute atomic E-state index is 0.0936. The fourth-order valence-electron chi connectivity index (χ4n) is 1.29. The molecular formula is C10H17NO3. The highest BCUT2D eigenvalue weighted by atomic mass is 16.4. The lowest BCUT2D eigenvalue weighted by Crippen LogP contribution is -2.24. The largest absolute Gasteiger partial charge is 0.481 e. The molecule has 0 bridgehead atoms. The van der Waals surface area contributed by atoms with Crippen LogP contribution in [-0.4, -0.2) is 36.4 Å². The van der Waals surface area contributed by atoms with Crippen LogP contribution in [0.5, 0.6) is 0 Å². The number of carbonyl (C=O) groups is 2. The van der Waals surface area contributed by atoms with Gasteiger partial charge < -0.3 is 10.0 Å². The van der Waals surface area contributed by atoms with E-state index < -0.39 is 11.9 Å². The van der Waals surface area contributed by atoms with Crippen LogP contribution in [0.2, 0.25) is 0 Å². The SMILES string of the molecule is CC(C)[C@H](C(=O)O)C(C=O)=CN(C)C. The van der Waals surface area contributed by atoms with Crippen LogP contribution in [0.1, 0.15) is 13.8 Å². The molecule has 4 heteroatoms. The topological polar surface area (TPSA) is 57.6 Å². The number of carboxylic acids is 1. The number of hydrogen-bond acceptors (Lipinski definition) is 3. The Morgan fingerprint density at radius 3 is 2.07 bits per heavy atom. The molecule has 0 rings (SSSR count). The predicted octanol–water partition coefficient (Wildman–Crippen LogP) is 0.988. The van der Waals surface area contributed by atoms with Crippen molar-refractivity contribution in [1.82, 2.24) is 4.90 Å². The summed E-state index contributed by atoms with van der Waals surface area (Å²) in [7, 11) is 3.51. The second-order valence-corrected chi connectivity index (χ2v) is 3.77. The van der Waals surface area contributed by atoms with Crippen molar-refractivity contribution in [3.05, 3.63) is 11.8 Å². The third kappa shape index (κ3) is 3.60. The summed E-state index contributed by atoms with van der Waals surface area (Å²) >= 11 is 0. The molecule has 0 aliphatic heterocycles. The van der Waals surface area contributed by atoms with Crippen molar-refractivity contribution in [3.63, 3.8) is 0 Å². The quantitative estimate of drug-likeness (QED) is 0.530. The second kappa shape index (κ2) is 5.42. The van der Waals surface area contributed by atoms with Crippen LogP contribution in [0, 0.1) is 11.8 Å². The number of carboxylic acid groups (broad SMARTS) is 1. The van der Waals surface area contributed by atoms with E-state index in [1.54, 1.807) is 39.0 Å². The van der Waals surface area contributed by atoms with Crippen molar-refractivity contribution < 1.29 is 14.7 Å². The Morgan fingerprint density at radius 1 is 1.36 bits per heavy atom. The van der Waals surface area contributed by atoms with E-state index in [0.29, 0.717) is 11.9 Å². The lowest BCUT2D eigenvalue weighted by Gasteiger charge is -2.17. The zero-order valence-corrected chi connectivity index (χ0v) is 9.02. The third-order valence-corrected chi connectivity index (χ3v) is 1.84. The molecule has 0 aliphatic rings. The van der Waals surface area contributed by atoms with Crippen LogP contribution < -0.4 is 0 Å². The van der Waals surface area contributed by atoms with Gasteiger partial charge in [-0.15, -0.1) is 0 Å². The Hall–Kier alpha value is -1.32. The van der Waals surface area contributed by atoms with Gasteiger partial charge in [0.05, 0.1) is 5.92 Å². The number of aldehydes is 1. The summed E-state index contributed by atoms with van der Waals surface area (Å²) in [4.78, 5) is 23.3. The van der Waals surface area contributed by atoms with Gasteiger partial charge in [-0.2, -0.15) is 0 Å². The molecule has 14 heavy (non-hydrogen) atoms. The Bertz CT molecular complexity index is 244. The fraction of sp³-hybridized carbons (Fsp3) is 0.600. The summed E-state index contributed by atoms with van der Waals surface area (Å²) in [5.74, 6) is -1.78. The Labute approximate surface area is 84.2 Å². The van der Waals surface area contributed by atoms with Crippen molar-refractivity contribution in [2.75, 3.05) is 14.1 Å². The van der Waals surface area contributed by atoms with Gasteiger partial charge in [0, 0.05) is 25.9 Å². The van der Waals surface area contributed by atoms with E-state index in [1.165, 1.54) is 0 Å². The summed E-state index contributed by atoms with van der Waals surface area (Å²) in [6, 6.07) is 0. The number of nitrogens with zero attached hydrogens (tertiary/aromatic N) is 1. The van der Waals surface area contributed by atoms with Gasteiger partial charge in [0.2, 0.25) is 0 Å². The molecule has 0 saturated carbocycles. The summed E-state index contributed by atoms with van der Waals surface area (Å²) in [5.41, 5.74) is 0.303. The van der Waals surface area contributed by atoms with Crippen LogP contribution in [0.4, 0.5) is 0 Å². The first kappa shape index (κ1) is 12.7. The molecule has 0 aliphatic carbocycles. The highest BCUT2D eigenvalue weighted by Gasteiger charge is 2.25. The van der Waals surface area contributed by atoms with E-state index in [1.807, 2.05) is 0 Å². The van der Waals surface area contributed by atoms with Crippen LogP contribution in [0.25, 0.3) is 0 Å². The van der Waals surface area contributed by atoms with E-state index in [-0.39, 0.29) is 5.92 Å². The monoisotopic (exact) mass is 199 g/mol. The number of carbonyl (C=O) groups excluding carboxylic acids is 1. The molecule has 0 unspecified atom stereocenters. The van der Waals surface area contributed by atoms with Crippen molar-refractivity contribution in [2.45, 2.75) is 13.8 Å². The molecule has 0 radical (unpaired) electrons. The highest BCUT2D eigenvalue weighted by Crippen LogP contribution is 2.19. The predicted molar refractivity (Wildman–Crippen MR) is 53.8 cm³/mol. The average Bonchev–Trinajstić information content (AvgIpc) is 2.00. The van der Waals surface area contributed by atoms with E-state index in [0.717, 1.165) is 0 Å². The van der Waals surface area contributed by atoms with Gasteiger partial charge in [0.15, 0.2) is 0 Å². The fourth-order valence-corrected chi connectivity index (χ4v) is 1.29. The van der Waals surface area contributed by atoms with Crippen LogP contribution in [0.15, 0.2) is 11.8 Å². The number of hydrogen-bond donors (Lipinski definition) is 1. The summed E-state index contributed by atoms with van der Waals surface area (Å²) in [6.07, 6.45) is 2.16. The summed E-state index contributed by atoms with van der Waals surface area (Å²) in [6.45, 7) is 3.57. The first-order valence-corrected chi connectivity index (χ1v) is 4.46. The van der Waals surface area contributed by atoms with Crippen molar-refractivity contribution in [2.24, 2.45) is 11.8 Å². The van der Waals surface area contributed by atoms with Gasteiger partial charge in [-0.3, -0.25) is 9.59 Å². The van der Waals surface area contributed by atoms with Gasteiger partial charge in [-0.1, -0.05) is 13.8 Å². The van der Waals surface area contributed by atoms with E-state index in [9.17, 15) is 9.59 Å². The molecule has 0 aromatic carbocycles. The molecule has 80 valence electrons. The first-order chi connectivity index (χ1) is 6.40. The lowest BCUT2D eigenvalue weighted by molar-refractivity contribution is -0.142. The minimum atomic E-state index is -0.958. The molecule has 0 heterocycles. The van der Waals surface area contributed by atoms with E-state index in [4.69, 9.17) is 5.11 Å². The Morgan fingerprint density at radius 2 is 1.86 bits per heavy atom. The van der Waals surface area contributed by atoms with Crippen LogP contribution >= 0.6 is 0 Å². The lowest BCUT2D eigenvalue weighted by atomic mass is 9.89. The zero-order chi connectivity index (χ0) is 11.3. The van der Waals surface area contributed by atoms with Crippen molar-refractivity contribution in [1.29, 1.82) is 0 Å². The Balaban J connectivity index is 4.95. The molecule has 4 nitrogen and oxygen atoms in total. The molecule has 0 aromatic rings. The molecule has 0 amide bonds. The highest BCUT2D eigenvalue weighted by molar-refractivity contribution is 5.86. The molecule has 1 N–H and O–H groups in total. The maximum absolute atomic E-state index is 10.9. The van der Waals surface area contributed by atoms with Crippen LogP contribution in [-0.2, 0) is 9.59 Å². The van der Waals surface area contributed by atoms with Gasteiger partial charge in [0.1, 0.15) is 6.29 Å². The third-order valence-electron chi connectivity index (χ3n) is 1.84. The standard InChI is InChI=1S/C10H17NO3/c1-7(2)9(10(13)14)8(6-12)5-11(3)4/h5-7,9H,1-4H3,(H,13,14)/t9-/m0/s1. The molecule has 0 saturated heterocycles.